The van der Waals surface area contributed by atoms with Crippen molar-refractivity contribution in [2.24, 2.45) is 0 Å². The summed E-state index contributed by atoms with van der Waals surface area (Å²) in [6.45, 7) is 5.73. The summed E-state index contributed by atoms with van der Waals surface area (Å²) in [4.78, 5) is 0. The lowest BCUT2D eigenvalue weighted by atomic mass is 10.1. The minimum absolute atomic E-state index is 0.169. The van der Waals surface area contributed by atoms with Crippen molar-refractivity contribution >= 4 is 10.0 Å². The minimum Gasteiger partial charge on any atom is -0.212 e. The molecular weight excluding hydrogens is 222 g/mol. The van der Waals surface area contributed by atoms with Gasteiger partial charge in [-0.2, -0.15) is 0 Å². The van der Waals surface area contributed by atoms with Gasteiger partial charge in [0.15, 0.2) is 0 Å². The lowest BCUT2D eigenvalue weighted by Gasteiger charge is -2.14. The molecule has 0 fully saturated rings. The molecule has 3 nitrogen and oxygen atoms in total. The second-order valence-corrected chi connectivity index (χ2v) is 5.94. The topological polar surface area (TPSA) is 46.2 Å². The molecule has 0 aliphatic rings. The van der Waals surface area contributed by atoms with Crippen LogP contribution in [-0.2, 0) is 10.0 Å². The zero-order valence-electron chi connectivity index (χ0n) is 10.0. The van der Waals surface area contributed by atoms with Crippen molar-refractivity contribution in [2.45, 2.75) is 33.2 Å². The van der Waals surface area contributed by atoms with E-state index in [-0.39, 0.29) is 11.8 Å². The molecule has 0 spiro atoms. The fraction of sp³-hybridized carbons (Fsp3) is 0.500. The van der Waals surface area contributed by atoms with Crippen molar-refractivity contribution in [3.63, 3.8) is 0 Å². The van der Waals surface area contributed by atoms with Gasteiger partial charge in [-0.1, -0.05) is 36.8 Å². The Morgan fingerprint density at radius 3 is 2.31 bits per heavy atom. The number of hydrogen-bond acceptors (Lipinski definition) is 2. The molecule has 0 radical (unpaired) electrons. The molecule has 0 amide bonds. The van der Waals surface area contributed by atoms with Gasteiger partial charge in [0.25, 0.3) is 0 Å². The third-order valence-electron chi connectivity index (χ3n) is 2.41. The van der Waals surface area contributed by atoms with E-state index < -0.39 is 10.0 Å². The normalized spacial score (nSPS) is 13.7. The van der Waals surface area contributed by atoms with Crippen molar-refractivity contribution in [1.29, 1.82) is 0 Å². The van der Waals surface area contributed by atoms with Crippen molar-refractivity contribution in [2.75, 3.05) is 5.75 Å². The van der Waals surface area contributed by atoms with Crippen LogP contribution in [0.5, 0.6) is 0 Å². The van der Waals surface area contributed by atoms with E-state index in [4.69, 9.17) is 0 Å². The third kappa shape index (κ3) is 3.94. The smallest absolute Gasteiger partial charge is 0.212 e. The maximum Gasteiger partial charge on any atom is 0.212 e. The van der Waals surface area contributed by atoms with Crippen LogP contribution in [0.1, 0.15) is 37.4 Å². The molecule has 0 saturated carbocycles. The predicted molar refractivity (Wildman–Crippen MR) is 66.8 cm³/mol. The van der Waals surface area contributed by atoms with Crippen LogP contribution in [0.4, 0.5) is 0 Å². The highest BCUT2D eigenvalue weighted by molar-refractivity contribution is 7.89. The van der Waals surface area contributed by atoms with Gasteiger partial charge in [-0.25, -0.2) is 13.1 Å². The third-order valence-corrected chi connectivity index (χ3v) is 4.06. The first-order chi connectivity index (χ1) is 7.44. The fourth-order valence-corrected chi connectivity index (χ4v) is 2.85. The molecule has 16 heavy (non-hydrogen) atoms. The minimum atomic E-state index is -3.14. The summed E-state index contributed by atoms with van der Waals surface area (Å²) < 4.78 is 25.8. The Morgan fingerprint density at radius 2 is 1.81 bits per heavy atom. The zero-order valence-corrected chi connectivity index (χ0v) is 10.8. The summed E-state index contributed by atoms with van der Waals surface area (Å²) in [6, 6.07) is 7.71. The molecule has 0 heterocycles. The van der Waals surface area contributed by atoms with E-state index in [0.29, 0.717) is 6.42 Å². The maximum absolute atomic E-state index is 11.6. The molecule has 0 aliphatic heterocycles. The van der Waals surface area contributed by atoms with E-state index in [0.717, 1.165) is 5.56 Å². The van der Waals surface area contributed by atoms with Gasteiger partial charge in [0.1, 0.15) is 0 Å². The summed E-state index contributed by atoms with van der Waals surface area (Å²) in [5.41, 5.74) is 2.16. The van der Waals surface area contributed by atoms with Crippen LogP contribution in [0.3, 0.4) is 0 Å². The van der Waals surface area contributed by atoms with Crippen LogP contribution in [0, 0.1) is 6.92 Å². The van der Waals surface area contributed by atoms with Gasteiger partial charge < -0.3 is 0 Å². The first-order valence-electron chi connectivity index (χ1n) is 5.51. The van der Waals surface area contributed by atoms with Gasteiger partial charge in [0, 0.05) is 6.04 Å². The quantitative estimate of drug-likeness (QED) is 0.860. The first-order valence-corrected chi connectivity index (χ1v) is 7.16. The number of nitrogens with one attached hydrogen (secondary N) is 1. The number of benzene rings is 1. The van der Waals surface area contributed by atoms with Gasteiger partial charge in [0.2, 0.25) is 10.0 Å². The molecule has 1 rings (SSSR count). The predicted octanol–water partition coefficient (Wildman–Crippen LogP) is 2.39. The highest BCUT2D eigenvalue weighted by Crippen LogP contribution is 2.14. The van der Waals surface area contributed by atoms with E-state index in [9.17, 15) is 8.42 Å². The van der Waals surface area contributed by atoms with Gasteiger partial charge in [-0.05, 0) is 25.8 Å². The zero-order chi connectivity index (χ0) is 12.2. The summed E-state index contributed by atoms with van der Waals surface area (Å²) in [7, 11) is -3.14. The number of rotatable bonds is 5. The van der Waals surface area contributed by atoms with E-state index in [1.807, 2.05) is 45.0 Å². The molecule has 4 heteroatoms. The van der Waals surface area contributed by atoms with Crippen LogP contribution < -0.4 is 4.72 Å². The lowest BCUT2D eigenvalue weighted by Crippen LogP contribution is -2.28. The molecule has 1 aromatic rings. The molecule has 0 bridgehead atoms. The summed E-state index contributed by atoms with van der Waals surface area (Å²) >= 11 is 0. The Bertz CT molecular complexity index is 423. The molecule has 90 valence electrons. The second kappa shape index (κ2) is 5.46. The van der Waals surface area contributed by atoms with Crippen molar-refractivity contribution < 1.29 is 8.42 Å². The monoisotopic (exact) mass is 241 g/mol. The molecular formula is C12H19NO2S. The van der Waals surface area contributed by atoms with E-state index in [1.165, 1.54) is 5.56 Å². The van der Waals surface area contributed by atoms with Crippen LogP contribution in [0.25, 0.3) is 0 Å². The standard InChI is InChI=1S/C12H19NO2S/c1-4-9-16(14,15)13-11(3)12-7-5-10(2)6-8-12/h5-8,11,13H,4,9H2,1-3H3/t11-/m0/s1. The van der Waals surface area contributed by atoms with Crippen molar-refractivity contribution in [3.8, 4) is 0 Å². The first kappa shape index (κ1) is 13.2. The summed E-state index contributed by atoms with van der Waals surface area (Å²) in [6.07, 6.45) is 0.635. The average Bonchev–Trinajstić information content (AvgIpc) is 2.17. The molecule has 1 N–H and O–H groups in total. The highest BCUT2D eigenvalue weighted by Gasteiger charge is 2.14. The fourth-order valence-electron chi connectivity index (χ4n) is 1.52. The Hall–Kier alpha value is -0.870. The lowest BCUT2D eigenvalue weighted by molar-refractivity contribution is 0.565. The Labute approximate surface area is 97.9 Å². The van der Waals surface area contributed by atoms with Crippen LogP contribution in [0.2, 0.25) is 0 Å². The van der Waals surface area contributed by atoms with Crippen LogP contribution >= 0.6 is 0 Å². The van der Waals surface area contributed by atoms with Crippen LogP contribution in [-0.4, -0.2) is 14.2 Å². The molecule has 0 aliphatic carbocycles. The summed E-state index contributed by atoms with van der Waals surface area (Å²) in [5, 5.41) is 0. The highest BCUT2D eigenvalue weighted by atomic mass is 32.2. The van der Waals surface area contributed by atoms with E-state index in [2.05, 4.69) is 4.72 Å². The molecule has 0 saturated heterocycles. The van der Waals surface area contributed by atoms with Gasteiger partial charge in [-0.15, -0.1) is 0 Å². The average molecular weight is 241 g/mol. The van der Waals surface area contributed by atoms with Gasteiger partial charge in [-0.3, -0.25) is 0 Å². The number of aryl methyl sites for hydroxylation is 1. The van der Waals surface area contributed by atoms with E-state index in [1.54, 1.807) is 0 Å². The SMILES string of the molecule is CCCS(=O)(=O)N[C@@H](C)c1ccc(C)cc1. The summed E-state index contributed by atoms with van der Waals surface area (Å²) in [5.74, 6) is 0.184. The number of hydrogen-bond donors (Lipinski definition) is 1. The van der Waals surface area contributed by atoms with Gasteiger partial charge in [0.05, 0.1) is 5.75 Å². The largest absolute Gasteiger partial charge is 0.212 e. The van der Waals surface area contributed by atoms with Crippen LogP contribution in [0.15, 0.2) is 24.3 Å². The molecule has 0 unspecified atom stereocenters. The molecule has 1 atom stereocenters. The maximum atomic E-state index is 11.6. The van der Waals surface area contributed by atoms with Crippen molar-refractivity contribution in [1.82, 2.24) is 4.72 Å². The molecule has 1 aromatic carbocycles. The van der Waals surface area contributed by atoms with E-state index >= 15 is 0 Å². The van der Waals surface area contributed by atoms with Gasteiger partial charge >= 0.3 is 0 Å². The second-order valence-electron chi connectivity index (χ2n) is 4.07. The molecule has 0 aromatic heterocycles. The Kier molecular flexibility index (Phi) is 4.50. The van der Waals surface area contributed by atoms with Crippen molar-refractivity contribution in [3.05, 3.63) is 35.4 Å². The Balaban J connectivity index is 2.72. The number of sulfonamides is 1. The Morgan fingerprint density at radius 1 is 1.25 bits per heavy atom.